The molecule has 1 aromatic rings. The molecule has 1 heterocycles. The smallest absolute Gasteiger partial charge is 0.0900 e. The minimum Gasteiger partial charge on any atom is -0.306 e. The quantitative estimate of drug-likeness (QED) is 0.681. The van der Waals surface area contributed by atoms with Gasteiger partial charge in [0, 0.05) is 17.3 Å². The molecular weight excluding hydrogens is 180 g/mol. The average molecular weight is 196 g/mol. The van der Waals surface area contributed by atoms with E-state index in [1.165, 1.54) is 28.4 Å². The molecule has 72 valence electrons. The Morgan fingerprint density at radius 2 is 2.23 bits per heavy atom. The molecule has 0 N–H and O–H groups in total. The molecule has 1 aromatic heterocycles. The summed E-state index contributed by atoms with van der Waals surface area (Å²) in [5, 5.41) is 1.23. The number of aromatic nitrogens is 1. The topological polar surface area (TPSA) is 16.1 Å². The second-order valence-electron chi connectivity index (χ2n) is 3.96. The lowest BCUT2D eigenvalue weighted by atomic mass is 9.97. The van der Waals surface area contributed by atoms with Crippen LogP contribution in [0.2, 0.25) is 0 Å². The van der Waals surface area contributed by atoms with Crippen LogP contribution in [0.3, 0.4) is 0 Å². The van der Waals surface area contributed by atoms with E-state index in [1.54, 1.807) is 0 Å². The molecule has 2 nitrogen and oxygen atoms in total. The van der Waals surface area contributed by atoms with Crippen molar-refractivity contribution in [3.8, 4) is 0 Å². The molecule has 0 spiro atoms. The van der Waals surface area contributed by atoms with Gasteiger partial charge in [-0.1, -0.05) is 0 Å². The first-order valence-corrected chi connectivity index (χ1v) is 5.60. The SMILES string of the molecule is Cc1nc2c(s1)CCC(N(C)C)C2. The number of fused-ring (bicyclic) bond motifs is 1. The zero-order valence-corrected chi connectivity index (χ0v) is 9.32. The molecule has 0 aromatic carbocycles. The summed E-state index contributed by atoms with van der Waals surface area (Å²) in [6, 6.07) is 0.703. The van der Waals surface area contributed by atoms with Crippen LogP contribution in [0.25, 0.3) is 0 Å². The molecule has 1 aliphatic carbocycles. The standard InChI is InChI=1S/C10H16N2S/c1-7-11-9-6-8(12(2)3)4-5-10(9)13-7/h8H,4-6H2,1-3H3. The summed E-state index contributed by atoms with van der Waals surface area (Å²) in [4.78, 5) is 8.42. The van der Waals surface area contributed by atoms with Gasteiger partial charge in [-0.05, 0) is 33.9 Å². The van der Waals surface area contributed by atoms with Gasteiger partial charge in [-0.2, -0.15) is 0 Å². The van der Waals surface area contributed by atoms with Crippen LogP contribution in [0.5, 0.6) is 0 Å². The molecule has 1 aliphatic rings. The fourth-order valence-corrected chi connectivity index (χ4v) is 2.91. The van der Waals surface area contributed by atoms with Gasteiger partial charge in [0.1, 0.15) is 0 Å². The Balaban J connectivity index is 2.19. The number of aryl methyl sites for hydroxylation is 2. The lowest BCUT2D eigenvalue weighted by molar-refractivity contribution is 0.267. The van der Waals surface area contributed by atoms with Crippen molar-refractivity contribution in [1.29, 1.82) is 0 Å². The number of thiazole rings is 1. The Bertz CT molecular complexity index is 304. The van der Waals surface area contributed by atoms with Gasteiger partial charge in [0.25, 0.3) is 0 Å². The summed E-state index contributed by atoms with van der Waals surface area (Å²) in [7, 11) is 4.32. The molecule has 0 saturated heterocycles. The first-order valence-electron chi connectivity index (χ1n) is 4.78. The third-order valence-electron chi connectivity index (χ3n) is 2.75. The molecule has 0 aliphatic heterocycles. The van der Waals surface area contributed by atoms with Crippen molar-refractivity contribution in [1.82, 2.24) is 9.88 Å². The van der Waals surface area contributed by atoms with Crippen LogP contribution >= 0.6 is 11.3 Å². The maximum absolute atomic E-state index is 4.58. The van der Waals surface area contributed by atoms with Gasteiger partial charge >= 0.3 is 0 Å². The van der Waals surface area contributed by atoms with E-state index >= 15 is 0 Å². The van der Waals surface area contributed by atoms with Crippen LogP contribution in [0.4, 0.5) is 0 Å². The number of likely N-dealkylation sites (N-methyl/N-ethyl adjacent to an activating group) is 1. The lowest BCUT2D eigenvalue weighted by Crippen LogP contribution is -2.33. The average Bonchev–Trinajstić information content (AvgIpc) is 2.42. The maximum Gasteiger partial charge on any atom is 0.0900 e. The predicted molar refractivity (Wildman–Crippen MR) is 56.4 cm³/mol. The molecule has 13 heavy (non-hydrogen) atoms. The van der Waals surface area contributed by atoms with Crippen LogP contribution in [-0.4, -0.2) is 30.0 Å². The van der Waals surface area contributed by atoms with Crippen molar-refractivity contribution in [2.24, 2.45) is 0 Å². The van der Waals surface area contributed by atoms with Gasteiger partial charge in [0.05, 0.1) is 10.7 Å². The Morgan fingerprint density at radius 3 is 2.92 bits per heavy atom. The second-order valence-corrected chi connectivity index (χ2v) is 5.25. The van der Waals surface area contributed by atoms with Gasteiger partial charge in [0.15, 0.2) is 0 Å². The van der Waals surface area contributed by atoms with Gasteiger partial charge in [-0.25, -0.2) is 4.98 Å². The molecule has 1 unspecified atom stereocenters. The summed E-state index contributed by atoms with van der Waals surface area (Å²) in [5.74, 6) is 0. The predicted octanol–water partition coefficient (Wildman–Crippen LogP) is 1.87. The summed E-state index contributed by atoms with van der Waals surface area (Å²) in [6.45, 7) is 2.10. The normalized spacial score (nSPS) is 22.0. The van der Waals surface area contributed by atoms with Crippen molar-refractivity contribution in [2.45, 2.75) is 32.2 Å². The highest BCUT2D eigenvalue weighted by Gasteiger charge is 2.22. The van der Waals surface area contributed by atoms with E-state index < -0.39 is 0 Å². The van der Waals surface area contributed by atoms with Gasteiger partial charge in [0.2, 0.25) is 0 Å². The molecular formula is C10H16N2S. The van der Waals surface area contributed by atoms with Crippen molar-refractivity contribution >= 4 is 11.3 Å². The number of hydrogen-bond acceptors (Lipinski definition) is 3. The molecule has 0 saturated carbocycles. The molecule has 0 amide bonds. The van der Waals surface area contributed by atoms with Crippen LogP contribution in [-0.2, 0) is 12.8 Å². The Labute approximate surface area is 83.6 Å². The first-order chi connectivity index (χ1) is 6.16. The van der Waals surface area contributed by atoms with E-state index in [0.29, 0.717) is 6.04 Å². The largest absolute Gasteiger partial charge is 0.306 e. The van der Waals surface area contributed by atoms with Crippen LogP contribution in [0.1, 0.15) is 22.0 Å². The minimum atomic E-state index is 0.703. The molecule has 0 fully saturated rings. The van der Waals surface area contributed by atoms with Gasteiger partial charge < -0.3 is 4.90 Å². The third kappa shape index (κ3) is 1.76. The Morgan fingerprint density at radius 1 is 1.46 bits per heavy atom. The van der Waals surface area contributed by atoms with Crippen molar-refractivity contribution in [2.75, 3.05) is 14.1 Å². The fraction of sp³-hybridized carbons (Fsp3) is 0.700. The third-order valence-corrected chi connectivity index (χ3v) is 3.82. The molecule has 3 heteroatoms. The van der Waals surface area contributed by atoms with Crippen LogP contribution in [0.15, 0.2) is 0 Å². The van der Waals surface area contributed by atoms with Crippen LogP contribution in [0, 0.1) is 6.92 Å². The maximum atomic E-state index is 4.58. The van der Waals surface area contributed by atoms with Crippen molar-refractivity contribution in [3.05, 3.63) is 15.6 Å². The summed E-state index contributed by atoms with van der Waals surface area (Å²) in [5.41, 5.74) is 1.35. The van der Waals surface area contributed by atoms with Gasteiger partial charge in [-0.15, -0.1) is 11.3 Å². The van der Waals surface area contributed by atoms with E-state index in [0.717, 1.165) is 6.42 Å². The van der Waals surface area contributed by atoms with Gasteiger partial charge in [-0.3, -0.25) is 0 Å². The van der Waals surface area contributed by atoms with Crippen molar-refractivity contribution < 1.29 is 0 Å². The number of nitrogens with zero attached hydrogens (tertiary/aromatic N) is 2. The molecule has 2 rings (SSSR count). The zero-order chi connectivity index (χ0) is 9.42. The van der Waals surface area contributed by atoms with Crippen molar-refractivity contribution in [3.63, 3.8) is 0 Å². The highest BCUT2D eigenvalue weighted by atomic mass is 32.1. The molecule has 0 bridgehead atoms. The highest BCUT2D eigenvalue weighted by Crippen LogP contribution is 2.27. The van der Waals surface area contributed by atoms with E-state index in [2.05, 4.69) is 30.9 Å². The highest BCUT2D eigenvalue weighted by molar-refractivity contribution is 7.11. The van der Waals surface area contributed by atoms with Crippen LogP contribution < -0.4 is 0 Å². The second kappa shape index (κ2) is 3.39. The Kier molecular flexibility index (Phi) is 2.39. The zero-order valence-electron chi connectivity index (χ0n) is 8.50. The van der Waals surface area contributed by atoms with E-state index in [-0.39, 0.29) is 0 Å². The first kappa shape index (κ1) is 9.16. The Hall–Kier alpha value is -0.410. The minimum absolute atomic E-state index is 0.703. The van der Waals surface area contributed by atoms with E-state index in [1.807, 2.05) is 11.3 Å². The summed E-state index contributed by atoms with van der Waals surface area (Å²) >= 11 is 1.87. The lowest BCUT2D eigenvalue weighted by Gasteiger charge is -2.27. The summed E-state index contributed by atoms with van der Waals surface area (Å²) < 4.78 is 0. The molecule has 1 atom stereocenters. The fourth-order valence-electron chi connectivity index (χ4n) is 1.93. The monoisotopic (exact) mass is 196 g/mol. The number of rotatable bonds is 1. The number of hydrogen-bond donors (Lipinski definition) is 0. The van der Waals surface area contributed by atoms with E-state index in [9.17, 15) is 0 Å². The molecule has 0 radical (unpaired) electrons. The van der Waals surface area contributed by atoms with E-state index in [4.69, 9.17) is 0 Å². The summed E-state index contributed by atoms with van der Waals surface area (Å²) in [6.07, 6.45) is 3.66.